The summed E-state index contributed by atoms with van der Waals surface area (Å²) in [7, 11) is 0. The van der Waals surface area contributed by atoms with E-state index in [0.717, 1.165) is 11.1 Å². The van der Waals surface area contributed by atoms with Crippen molar-refractivity contribution in [3.05, 3.63) is 52.2 Å². The minimum Gasteiger partial charge on any atom is -0.277 e. The van der Waals surface area contributed by atoms with E-state index in [0.29, 0.717) is 16.8 Å². The van der Waals surface area contributed by atoms with E-state index in [-0.39, 0.29) is 5.69 Å². The Morgan fingerprint density at radius 3 is 2.84 bits per heavy atom. The van der Waals surface area contributed by atoms with Gasteiger partial charge in [-0.3, -0.25) is 20.2 Å². The van der Waals surface area contributed by atoms with Gasteiger partial charge in [-0.1, -0.05) is 0 Å². The molecule has 0 unspecified atom stereocenters. The molecule has 0 aliphatic carbocycles. The predicted molar refractivity (Wildman–Crippen MR) is 70.7 cm³/mol. The van der Waals surface area contributed by atoms with Crippen LogP contribution < -0.4 is 0 Å². The van der Waals surface area contributed by atoms with Crippen LogP contribution in [0.3, 0.4) is 0 Å². The predicted octanol–water partition coefficient (Wildman–Crippen LogP) is 2.84. The Morgan fingerprint density at radius 2 is 2.11 bits per heavy atom. The molecule has 0 fully saturated rings. The number of rotatable bonds is 2. The molecule has 0 saturated carbocycles. The van der Waals surface area contributed by atoms with Crippen LogP contribution >= 0.6 is 0 Å². The van der Waals surface area contributed by atoms with E-state index >= 15 is 0 Å². The first-order valence-electron chi connectivity index (χ1n) is 5.71. The molecule has 3 aromatic rings. The minimum absolute atomic E-state index is 0.0443. The highest BCUT2D eigenvalue weighted by Gasteiger charge is 2.13. The number of nitrogens with zero attached hydrogens (tertiary/aromatic N) is 3. The molecule has 0 atom stereocenters. The van der Waals surface area contributed by atoms with E-state index in [1.807, 2.05) is 19.1 Å². The fourth-order valence-electron chi connectivity index (χ4n) is 1.98. The van der Waals surface area contributed by atoms with E-state index in [1.165, 1.54) is 12.1 Å². The summed E-state index contributed by atoms with van der Waals surface area (Å²) >= 11 is 0. The van der Waals surface area contributed by atoms with Gasteiger partial charge in [-0.15, -0.1) is 0 Å². The van der Waals surface area contributed by atoms with Gasteiger partial charge in [-0.25, -0.2) is 0 Å². The van der Waals surface area contributed by atoms with E-state index < -0.39 is 4.92 Å². The van der Waals surface area contributed by atoms with Crippen molar-refractivity contribution in [1.82, 2.24) is 15.2 Å². The van der Waals surface area contributed by atoms with Crippen LogP contribution in [0.25, 0.3) is 22.3 Å². The summed E-state index contributed by atoms with van der Waals surface area (Å²) in [6.45, 7) is 1.96. The number of aromatic amines is 1. The van der Waals surface area contributed by atoms with Crippen LogP contribution in [0.5, 0.6) is 0 Å². The Labute approximate surface area is 108 Å². The summed E-state index contributed by atoms with van der Waals surface area (Å²) < 4.78 is 0. The van der Waals surface area contributed by atoms with Crippen LogP contribution in [0.4, 0.5) is 5.69 Å². The first kappa shape index (κ1) is 11.3. The third kappa shape index (κ3) is 1.93. The number of nitro groups is 1. The Hall–Kier alpha value is -2.76. The monoisotopic (exact) mass is 254 g/mol. The molecule has 2 aromatic heterocycles. The summed E-state index contributed by atoms with van der Waals surface area (Å²) in [6, 6.07) is 8.40. The number of hydrogen-bond acceptors (Lipinski definition) is 4. The molecule has 0 aliphatic rings. The molecule has 94 valence electrons. The van der Waals surface area contributed by atoms with Gasteiger partial charge in [0.25, 0.3) is 5.69 Å². The smallest absolute Gasteiger partial charge is 0.270 e. The molecule has 1 N–H and O–H groups in total. The van der Waals surface area contributed by atoms with Crippen molar-refractivity contribution in [2.45, 2.75) is 6.92 Å². The van der Waals surface area contributed by atoms with Crippen molar-refractivity contribution >= 4 is 16.6 Å². The maximum absolute atomic E-state index is 10.8. The summed E-state index contributed by atoms with van der Waals surface area (Å²) in [5.74, 6) is 0. The second kappa shape index (κ2) is 4.16. The Morgan fingerprint density at radius 1 is 1.26 bits per heavy atom. The van der Waals surface area contributed by atoms with Gasteiger partial charge in [-0.2, -0.15) is 5.10 Å². The quantitative estimate of drug-likeness (QED) is 0.563. The third-order valence-electron chi connectivity index (χ3n) is 2.92. The van der Waals surface area contributed by atoms with Crippen LogP contribution in [0.2, 0.25) is 0 Å². The molecule has 3 rings (SSSR count). The van der Waals surface area contributed by atoms with Gasteiger partial charge in [0, 0.05) is 23.7 Å². The molecule has 2 heterocycles. The van der Waals surface area contributed by atoms with Gasteiger partial charge in [0.15, 0.2) is 0 Å². The number of fused-ring (bicyclic) bond motifs is 1. The van der Waals surface area contributed by atoms with Crippen LogP contribution in [0, 0.1) is 17.0 Å². The molecule has 6 heteroatoms. The van der Waals surface area contributed by atoms with Crippen molar-refractivity contribution in [1.29, 1.82) is 0 Å². The van der Waals surface area contributed by atoms with Crippen molar-refractivity contribution in [2.24, 2.45) is 0 Å². The number of pyridine rings is 1. The molecule has 0 bridgehead atoms. The first-order chi connectivity index (χ1) is 9.15. The highest BCUT2D eigenvalue weighted by atomic mass is 16.6. The average Bonchev–Trinajstić information content (AvgIpc) is 2.81. The molecule has 0 radical (unpaired) electrons. The lowest BCUT2D eigenvalue weighted by atomic mass is 10.1. The topological polar surface area (TPSA) is 84.7 Å². The van der Waals surface area contributed by atoms with Crippen LogP contribution in [0.1, 0.15) is 5.56 Å². The number of nitro benzene ring substituents is 1. The molecule has 1 aromatic carbocycles. The standard InChI is InChI=1S/C13H10N4O2/c1-8-4-5-14-12(6-8)13-10-7-9(17(18)19)2-3-11(10)15-16-13/h2-7H,1H3,(H,15,16). The number of hydrogen-bond donors (Lipinski definition) is 1. The summed E-state index contributed by atoms with van der Waals surface area (Å²) in [6.07, 6.45) is 1.70. The average molecular weight is 254 g/mol. The molecule has 19 heavy (non-hydrogen) atoms. The molecular weight excluding hydrogens is 244 g/mol. The van der Waals surface area contributed by atoms with Crippen LogP contribution in [0.15, 0.2) is 36.5 Å². The van der Waals surface area contributed by atoms with Gasteiger partial charge < -0.3 is 0 Å². The highest BCUT2D eigenvalue weighted by molar-refractivity contribution is 5.93. The SMILES string of the molecule is Cc1ccnc(-c2n[nH]c3ccc([N+](=O)[O-])cc23)c1. The molecule has 6 nitrogen and oxygen atoms in total. The van der Waals surface area contributed by atoms with Crippen LogP contribution in [-0.2, 0) is 0 Å². The number of benzene rings is 1. The van der Waals surface area contributed by atoms with E-state index in [1.54, 1.807) is 12.3 Å². The van der Waals surface area contributed by atoms with Crippen molar-refractivity contribution < 1.29 is 4.92 Å². The number of non-ortho nitro benzene ring substituents is 1. The van der Waals surface area contributed by atoms with Crippen molar-refractivity contribution in [3.8, 4) is 11.4 Å². The van der Waals surface area contributed by atoms with Gasteiger partial charge in [0.1, 0.15) is 5.69 Å². The number of aromatic nitrogens is 3. The minimum atomic E-state index is -0.417. The first-order valence-corrected chi connectivity index (χ1v) is 5.71. The van der Waals surface area contributed by atoms with E-state index in [9.17, 15) is 10.1 Å². The van der Waals surface area contributed by atoms with Gasteiger partial charge in [0.2, 0.25) is 0 Å². The van der Waals surface area contributed by atoms with Gasteiger partial charge in [-0.05, 0) is 30.7 Å². The Kier molecular flexibility index (Phi) is 2.49. The lowest BCUT2D eigenvalue weighted by molar-refractivity contribution is -0.384. The zero-order chi connectivity index (χ0) is 13.4. The maximum Gasteiger partial charge on any atom is 0.270 e. The largest absolute Gasteiger partial charge is 0.277 e. The lowest BCUT2D eigenvalue weighted by Gasteiger charge is -1.98. The fourth-order valence-corrected chi connectivity index (χ4v) is 1.98. The number of nitrogens with one attached hydrogen (secondary N) is 1. The maximum atomic E-state index is 10.8. The van der Waals surface area contributed by atoms with Crippen molar-refractivity contribution in [3.63, 3.8) is 0 Å². The number of aryl methyl sites for hydroxylation is 1. The highest BCUT2D eigenvalue weighted by Crippen LogP contribution is 2.28. The van der Waals surface area contributed by atoms with Crippen molar-refractivity contribution in [2.75, 3.05) is 0 Å². The summed E-state index contributed by atoms with van der Waals surface area (Å²) in [4.78, 5) is 14.7. The van der Waals surface area contributed by atoms with E-state index in [4.69, 9.17) is 0 Å². The molecular formula is C13H10N4O2. The van der Waals surface area contributed by atoms with Gasteiger partial charge in [0.05, 0.1) is 16.1 Å². The zero-order valence-corrected chi connectivity index (χ0v) is 10.1. The zero-order valence-electron chi connectivity index (χ0n) is 10.1. The molecule has 0 amide bonds. The second-order valence-electron chi connectivity index (χ2n) is 4.28. The third-order valence-corrected chi connectivity index (χ3v) is 2.92. The van der Waals surface area contributed by atoms with Crippen LogP contribution in [-0.4, -0.2) is 20.1 Å². The van der Waals surface area contributed by atoms with E-state index in [2.05, 4.69) is 15.2 Å². The summed E-state index contributed by atoms with van der Waals surface area (Å²) in [5.41, 5.74) is 3.19. The fraction of sp³-hybridized carbons (Fsp3) is 0.0769. The Balaban J connectivity index is 2.24. The molecule has 0 saturated heterocycles. The summed E-state index contributed by atoms with van der Waals surface area (Å²) in [5, 5.41) is 18.6. The Bertz CT molecular complexity index is 779. The molecule has 0 spiro atoms. The second-order valence-corrected chi connectivity index (χ2v) is 4.28. The van der Waals surface area contributed by atoms with Gasteiger partial charge >= 0.3 is 0 Å². The molecule has 0 aliphatic heterocycles. The normalized spacial score (nSPS) is 10.8. The number of H-pyrrole nitrogens is 1. The lowest BCUT2D eigenvalue weighted by Crippen LogP contribution is -1.88.